The Bertz CT molecular complexity index is 780. The van der Waals surface area contributed by atoms with Crippen molar-refractivity contribution in [3.8, 4) is 5.69 Å². The Balaban J connectivity index is 2.38. The van der Waals surface area contributed by atoms with Crippen LogP contribution in [0.25, 0.3) is 16.7 Å². The number of nitrogen functional groups attached to an aromatic ring is 1. The van der Waals surface area contributed by atoms with Gasteiger partial charge in [0.15, 0.2) is 0 Å². The van der Waals surface area contributed by atoms with Crippen LogP contribution < -0.4 is 5.73 Å². The van der Waals surface area contributed by atoms with Crippen molar-refractivity contribution in [2.45, 2.75) is 0 Å². The number of imidazole rings is 1. The van der Waals surface area contributed by atoms with E-state index in [-0.39, 0.29) is 0 Å². The fraction of sp³-hybridized carbons (Fsp3) is 0. The standard InChI is InChI=1S/C13H8Cl3N3/c14-7-1-3-9(16)11(5-7)19-12-6-8(15)2-4-10(12)18-13(19)17/h1-6H,(H2,17,18). The molecule has 2 aromatic carbocycles. The molecule has 3 rings (SSSR count). The molecule has 0 fully saturated rings. The topological polar surface area (TPSA) is 43.8 Å². The normalized spacial score (nSPS) is 11.1. The first-order valence-corrected chi connectivity index (χ1v) is 6.58. The number of rotatable bonds is 1. The van der Waals surface area contributed by atoms with Gasteiger partial charge in [-0.3, -0.25) is 4.57 Å². The van der Waals surface area contributed by atoms with Crippen molar-refractivity contribution in [3.63, 3.8) is 0 Å². The van der Waals surface area contributed by atoms with Crippen molar-refractivity contribution < 1.29 is 0 Å². The average Bonchev–Trinajstić information content (AvgIpc) is 2.68. The van der Waals surface area contributed by atoms with Gasteiger partial charge in [0.2, 0.25) is 5.95 Å². The quantitative estimate of drug-likeness (QED) is 0.715. The molecule has 3 nitrogen and oxygen atoms in total. The highest BCUT2D eigenvalue weighted by Gasteiger charge is 2.13. The van der Waals surface area contributed by atoms with Gasteiger partial charge in [-0.25, -0.2) is 4.98 Å². The summed E-state index contributed by atoms with van der Waals surface area (Å²) in [6.07, 6.45) is 0. The monoisotopic (exact) mass is 311 g/mol. The lowest BCUT2D eigenvalue weighted by Gasteiger charge is -2.09. The molecule has 0 aliphatic rings. The molecular formula is C13H8Cl3N3. The fourth-order valence-electron chi connectivity index (χ4n) is 1.98. The van der Waals surface area contributed by atoms with E-state index in [1.54, 1.807) is 34.9 Å². The second kappa shape index (κ2) is 4.60. The van der Waals surface area contributed by atoms with E-state index < -0.39 is 0 Å². The molecule has 19 heavy (non-hydrogen) atoms. The van der Waals surface area contributed by atoms with Gasteiger partial charge in [-0.15, -0.1) is 0 Å². The number of hydrogen-bond acceptors (Lipinski definition) is 2. The van der Waals surface area contributed by atoms with Crippen LogP contribution in [0, 0.1) is 0 Å². The molecule has 0 saturated carbocycles. The predicted molar refractivity (Wildman–Crippen MR) is 80.5 cm³/mol. The zero-order chi connectivity index (χ0) is 13.6. The van der Waals surface area contributed by atoms with Crippen LogP contribution in [0.4, 0.5) is 5.95 Å². The molecule has 0 atom stereocenters. The van der Waals surface area contributed by atoms with Crippen molar-refractivity contribution in [3.05, 3.63) is 51.5 Å². The molecule has 0 radical (unpaired) electrons. The first-order valence-electron chi connectivity index (χ1n) is 5.45. The van der Waals surface area contributed by atoms with Crippen LogP contribution in [0.2, 0.25) is 15.1 Å². The molecule has 0 bridgehead atoms. The molecule has 3 aromatic rings. The molecule has 0 spiro atoms. The maximum Gasteiger partial charge on any atom is 0.205 e. The minimum atomic E-state index is 0.335. The first kappa shape index (κ1) is 12.6. The van der Waals surface area contributed by atoms with Gasteiger partial charge in [-0.2, -0.15) is 0 Å². The van der Waals surface area contributed by atoms with Crippen LogP contribution >= 0.6 is 34.8 Å². The number of hydrogen-bond donors (Lipinski definition) is 1. The highest BCUT2D eigenvalue weighted by Crippen LogP contribution is 2.31. The molecule has 2 N–H and O–H groups in total. The van der Waals surface area contributed by atoms with Gasteiger partial charge in [-0.1, -0.05) is 34.8 Å². The van der Waals surface area contributed by atoms with E-state index in [4.69, 9.17) is 40.5 Å². The number of anilines is 1. The summed E-state index contributed by atoms with van der Waals surface area (Å²) in [7, 11) is 0. The summed E-state index contributed by atoms with van der Waals surface area (Å²) < 4.78 is 1.73. The molecule has 0 amide bonds. The number of nitrogens with two attached hydrogens (primary N) is 1. The average molecular weight is 313 g/mol. The Morgan fingerprint density at radius 2 is 1.63 bits per heavy atom. The summed E-state index contributed by atoms with van der Waals surface area (Å²) in [4.78, 5) is 4.28. The molecule has 0 unspecified atom stereocenters. The molecule has 0 saturated heterocycles. The highest BCUT2D eigenvalue weighted by atomic mass is 35.5. The van der Waals surface area contributed by atoms with E-state index in [9.17, 15) is 0 Å². The van der Waals surface area contributed by atoms with Crippen LogP contribution in [0.5, 0.6) is 0 Å². The van der Waals surface area contributed by atoms with Gasteiger partial charge >= 0.3 is 0 Å². The van der Waals surface area contributed by atoms with E-state index >= 15 is 0 Å². The summed E-state index contributed by atoms with van der Waals surface area (Å²) in [5, 5.41) is 1.71. The number of fused-ring (bicyclic) bond motifs is 1. The van der Waals surface area contributed by atoms with Gasteiger partial charge in [-0.05, 0) is 36.4 Å². The van der Waals surface area contributed by atoms with E-state index in [0.29, 0.717) is 26.7 Å². The van der Waals surface area contributed by atoms with Gasteiger partial charge in [0.25, 0.3) is 0 Å². The molecule has 6 heteroatoms. The third-order valence-corrected chi connectivity index (χ3v) is 3.58. The Hall–Kier alpha value is -1.42. The smallest absolute Gasteiger partial charge is 0.205 e. The fourth-order valence-corrected chi connectivity index (χ4v) is 2.51. The Labute approximate surface area is 124 Å². The van der Waals surface area contributed by atoms with Crippen LogP contribution in [-0.2, 0) is 0 Å². The second-order valence-corrected chi connectivity index (χ2v) is 5.31. The lowest BCUT2D eigenvalue weighted by molar-refractivity contribution is 1.11. The van der Waals surface area contributed by atoms with Crippen molar-refractivity contribution in [1.29, 1.82) is 0 Å². The number of benzene rings is 2. The summed E-state index contributed by atoms with van der Waals surface area (Å²) in [5.41, 5.74) is 8.17. The molecule has 1 heterocycles. The van der Waals surface area contributed by atoms with Crippen LogP contribution in [0.1, 0.15) is 0 Å². The van der Waals surface area contributed by atoms with E-state index in [1.807, 2.05) is 6.07 Å². The Morgan fingerprint density at radius 1 is 0.947 bits per heavy atom. The summed E-state index contributed by atoms with van der Waals surface area (Å²) in [6, 6.07) is 10.5. The maximum atomic E-state index is 6.20. The second-order valence-electron chi connectivity index (χ2n) is 4.03. The van der Waals surface area contributed by atoms with Gasteiger partial charge < -0.3 is 5.73 Å². The lowest BCUT2D eigenvalue weighted by atomic mass is 10.2. The van der Waals surface area contributed by atoms with Crippen molar-refractivity contribution in [1.82, 2.24) is 9.55 Å². The maximum absolute atomic E-state index is 6.20. The van der Waals surface area contributed by atoms with Gasteiger partial charge in [0, 0.05) is 10.0 Å². The van der Waals surface area contributed by atoms with Crippen molar-refractivity contribution in [2.24, 2.45) is 0 Å². The number of aromatic nitrogens is 2. The van der Waals surface area contributed by atoms with Crippen LogP contribution in [-0.4, -0.2) is 9.55 Å². The third-order valence-electron chi connectivity index (χ3n) is 2.79. The van der Waals surface area contributed by atoms with Crippen molar-refractivity contribution >= 4 is 51.8 Å². The molecular weight excluding hydrogens is 305 g/mol. The van der Waals surface area contributed by atoms with Crippen LogP contribution in [0.3, 0.4) is 0 Å². The van der Waals surface area contributed by atoms with Crippen LogP contribution in [0.15, 0.2) is 36.4 Å². The minimum Gasteiger partial charge on any atom is -0.369 e. The minimum absolute atomic E-state index is 0.335. The first-order chi connectivity index (χ1) is 9.06. The molecule has 0 aliphatic heterocycles. The molecule has 1 aromatic heterocycles. The summed E-state index contributed by atoms with van der Waals surface area (Å²) >= 11 is 18.2. The Morgan fingerprint density at radius 3 is 2.42 bits per heavy atom. The lowest BCUT2D eigenvalue weighted by Crippen LogP contribution is -2.01. The zero-order valence-electron chi connectivity index (χ0n) is 9.57. The Kier molecular flexibility index (Phi) is 3.05. The number of nitrogens with zero attached hydrogens (tertiary/aromatic N) is 2. The van der Waals surface area contributed by atoms with Gasteiger partial charge in [0.05, 0.1) is 21.7 Å². The highest BCUT2D eigenvalue weighted by molar-refractivity contribution is 6.34. The van der Waals surface area contributed by atoms with E-state index in [2.05, 4.69) is 4.98 Å². The summed E-state index contributed by atoms with van der Waals surface area (Å²) in [5.74, 6) is 0.335. The predicted octanol–water partition coefficient (Wildman–Crippen LogP) is 4.57. The van der Waals surface area contributed by atoms with E-state index in [0.717, 1.165) is 11.0 Å². The number of halogens is 3. The van der Waals surface area contributed by atoms with E-state index in [1.165, 1.54) is 0 Å². The summed E-state index contributed by atoms with van der Waals surface area (Å²) in [6.45, 7) is 0. The largest absolute Gasteiger partial charge is 0.369 e. The molecule has 0 aliphatic carbocycles. The van der Waals surface area contributed by atoms with Gasteiger partial charge in [0.1, 0.15) is 0 Å². The third kappa shape index (κ3) is 2.14. The zero-order valence-corrected chi connectivity index (χ0v) is 11.8. The van der Waals surface area contributed by atoms with Crippen molar-refractivity contribution in [2.75, 3.05) is 5.73 Å². The SMILES string of the molecule is Nc1nc2ccc(Cl)cc2n1-c1cc(Cl)ccc1Cl. The molecule has 96 valence electrons.